The lowest BCUT2D eigenvalue weighted by Gasteiger charge is -2.41. The average molecular weight is 486 g/mol. The minimum atomic E-state index is -1.41. The highest BCUT2D eigenvalue weighted by atomic mass is 32.2. The fourth-order valence-corrected chi connectivity index (χ4v) is 7.29. The third-order valence-electron chi connectivity index (χ3n) is 5.94. The van der Waals surface area contributed by atoms with Crippen LogP contribution in [-0.2, 0) is 14.5 Å². The first-order valence-electron chi connectivity index (χ1n) is 9.88. The van der Waals surface area contributed by atoms with Crippen molar-refractivity contribution in [1.29, 1.82) is 0 Å². The number of fused-ring (bicyclic) bond motifs is 1. The molecular weight excluding hydrogens is 466 g/mol. The van der Waals surface area contributed by atoms with E-state index in [0.717, 1.165) is 11.1 Å². The Kier molecular flexibility index (Phi) is 4.81. The van der Waals surface area contributed by atoms with Crippen LogP contribution in [0.4, 0.5) is 5.69 Å². The maximum atomic E-state index is 13.5. The molecular formula is C22H19N3O4S3. The number of hydrogen-bond acceptors (Lipinski definition) is 8. The summed E-state index contributed by atoms with van der Waals surface area (Å²) in [5, 5.41) is 12.9. The number of carbonyl (C=O) groups excluding carboxylic acids is 3. The predicted octanol–water partition coefficient (Wildman–Crippen LogP) is 3.27. The quantitative estimate of drug-likeness (QED) is 0.595. The second-order valence-electron chi connectivity index (χ2n) is 8.00. The summed E-state index contributed by atoms with van der Waals surface area (Å²) in [7, 11) is 0. The van der Waals surface area contributed by atoms with Gasteiger partial charge in [0, 0.05) is 11.3 Å². The largest absolute Gasteiger partial charge is 0.508 e. The van der Waals surface area contributed by atoms with E-state index in [1.165, 1.54) is 33.3 Å². The molecule has 3 aliphatic rings. The molecule has 0 radical (unpaired) electrons. The van der Waals surface area contributed by atoms with Crippen LogP contribution in [0.3, 0.4) is 0 Å². The molecule has 0 aromatic heterocycles. The Hall–Kier alpha value is -2.56. The van der Waals surface area contributed by atoms with E-state index >= 15 is 0 Å². The second-order valence-corrected chi connectivity index (χ2v) is 10.9. The van der Waals surface area contributed by atoms with Gasteiger partial charge in [-0.2, -0.15) is 0 Å². The number of aryl methyl sites for hydroxylation is 1. The lowest BCUT2D eigenvalue weighted by molar-refractivity contribution is -0.128. The van der Waals surface area contributed by atoms with Crippen molar-refractivity contribution in [2.75, 3.05) is 16.8 Å². The van der Waals surface area contributed by atoms with Gasteiger partial charge in [0.05, 0.1) is 11.5 Å². The Morgan fingerprint density at radius 3 is 2.41 bits per heavy atom. The molecule has 2 aromatic rings. The Balaban J connectivity index is 1.56. The number of rotatable bonds is 1. The van der Waals surface area contributed by atoms with Crippen molar-refractivity contribution in [2.45, 2.75) is 23.7 Å². The van der Waals surface area contributed by atoms with Gasteiger partial charge in [-0.3, -0.25) is 19.3 Å². The molecule has 2 saturated heterocycles. The van der Waals surface area contributed by atoms with Crippen LogP contribution in [0.1, 0.15) is 28.4 Å². The summed E-state index contributed by atoms with van der Waals surface area (Å²) in [4.78, 5) is 39.9. The minimum absolute atomic E-state index is 0.00375. The number of carbonyl (C=O) groups is 3. The lowest BCUT2D eigenvalue weighted by atomic mass is 10.1. The van der Waals surface area contributed by atoms with E-state index in [1.807, 2.05) is 26.0 Å². The van der Waals surface area contributed by atoms with Crippen molar-refractivity contribution < 1.29 is 19.5 Å². The molecule has 2 atom stereocenters. The molecule has 2 amide bonds. The smallest absolute Gasteiger partial charge is 0.241 e. The molecule has 2 unspecified atom stereocenters. The highest BCUT2D eigenvalue weighted by molar-refractivity contribution is 8.02. The molecule has 10 heteroatoms. The lowest BCUT2D eigenvalue weighted by Crippen LogP contribution is -2.61. The van der Waals surface area contributed by atoms with E-state index in [9.17, 15) is 19.5 Å². The van der Waals surface area contributed by atoms with Crippen LogP contribution < -0.4 is 5.32 Å². The standard InChI is InChI=1S/C22H19N3O4S3/c1-12-3-8-15-16(9-12)23-22(19(15)29)25(18(28)11-32-22)20(30)24-17(27)10-31-21(24,2)13-4-6-14(26)7-5-13/h3-9,23,26H,10-11H2,1-2H3. The van der Waals surface area contributed by atoms with Crippen LogP contribution in [0.15, 0.2) is 42.5 Å². The van der Waals surface area contributed by atoms with E-state index in [4.69, 9.17) is 12.2 Å². The fourth-order valence-electron chi connectivity index (χ4n) is 4.29. The van der Waals surface area contributed by atoms with E-state index in [-0.39, 0.29) is 40.0 Å². The number of ketones is 1. The number of thioether (sulfide) groups is 2. The summed E-state index contributed by atoms with van der Waals surface area (Å²) in [6.07, 6.45) is 0. The van der Waals surface area contributed by atoms with Gasteiger partial charge in [0.2, 0.25) is 22.6 Å². The van der Waals surface area contributed by atoms with Crippen LogP contribution in [0.25, 0.3) is 0 Å². The topological polar surface area (TPSA) is 90.0 Å². The van der Waals surface area contributed by atoms with Crippen molar-refractivity contribution in [2.24, 2.45) is 0 Å². The zero-order valence-corrected chi connectivity index (χ0v) is 19.7. The number of nitrogens with one attached hydrogen (secondary N) is 1. The van der Waals surface area contributed by atoms with E-state index < -0.39 is 9.87 Å². The zero-order chi connectivity index (χ0) is 22.8. The number of nitrogens with zero attached hydrogens (tertiary/aromatic N) is 2. The number of amides is 2. The third kappa shape index (κ3) is 2.89. The highest BCUT2D eigenvalue weighted by Gasteiger charge is 2.61. The fraction of sp³-hybridized carbons (Fsp3) is 0.273. The molecule has 5 rings (SSSR count). The summed E-state index contributed by atoms with van der Waals surface area (Å²) in [6, 6.07) is 12.0. The summed E-state index contributed by atoms with van der Waals surface area (Å²) in [5.41, 5.74) is 2.88. The monoisotopic (exact) mass is 485 g/mol. The summed E-state index contributed by atoms with van der Waals surface area (Å²) in [5.74, 6) is -0.467. The first-order valence-corrected chi connectivity index (χ1v) is 12.3. The van der Waals surface area contributed by atoms with Gasteiger partial charge < -0.3 is 10.4 Å². The molecule has 1 spiro atoms. The maximum Gasteiger partial charge on any atom is 0.241 e. The van der Waals surface area contributed by atoms with Crippen molar-refractivity contribution in [3.63, 3.8) is 0 Å². The van der Waals surface area contributed by atoms with E-state index in [1.54, 1.807) is 30.3 Å². The molecule has 32 heavy (non-hydrogen) atoms. The Labute approximate surface area is 198 Å². The van der Waals surface area contributed by atoms with Gasteiger partial charge in [-0.1, -0.05) is 30.0 Å². The highest BCUT2D eigenvalue weighted by Crippen LogP contribution is 2.50. The summed E-state index contributed by atoms with van der Waals surface area (Å²) < 4.78 is 0. The van der Waals surface area contributed by atoms with Crippen molar-refractivity contribution >= 4 is 64.1 Å². The van der Waals surface area contributed by atoms with Gasteiger partial charge >= 0.3 is 0 Å². The molecule has 3 heterocycles. The number of anilines is 1. The van der Waals surface area contributed by atoms with Gasteiger partial charge in [-0.25, -0.2) is 4.90 Å². The first kappa shape index (κ1) is 21.3. The van der Waals surface area contributed by atoms with Crippen LogP contribution in [0, 0.1) is 6.92 Å². The maximum absolute atomic E-state index is 13.5. The number of phenolic OH excluding ortho intramolecular Hbond substituents is 1. The molecule has 2 aromatic carbocycles. The first-order chi connectivity index (χ1) is 15.2. The predicted molar refractivity (Wildman–Crippen MR) is 129 cm³/mol. The summed E-state index contributed by atoms with van der Waals surface area (Å²) in [6.45, 7) is 3.78. The molecule has 0 saturated carbocycles. The van der Waals surface area contributed by atoms with Gasteiger partial charge in [0.1, 0.15) is 10.6 Å². The average Bonchev–Trinajstić information content (AvgIpc) is 3.34. The Bertz CT molecular complexity index is 1200. The van der Waals surface area contributed by atoms with Crippen LogP contribution in [-0.4, -0.2) is 54.1 Å². The van der Waals surface area contributed by atoms with Gasteiger partial charge in [-0.05, 0) is 61.5 Å². The van der Waals surface area contributed by atoms with Gasteiger partial charge in [0.15, 0.2) is 5.11 Å². The summed E-state index contributed by atoms with van der Waals surface area (Å²) >= 11 is 8.31. The van der Waals surface area contributed by atoms with Crippen LogP contribution >= 0.6 is 35.7 Å². The van der Waals surface area contributed by atoms with E-state index in [0.29, 0.717) is 11.3 Å². The van der Waals surface area contributed by atoms with Gasteiger partial charge in [-0.15, -0.1) is 11.8 Å². The Morgan fingerprint density at radius 2 is 1.69 bits per heavy atom. The SMILES string of the molecule is Cc1ccc2c(c1)NC1(SCC(=O)N1C(=S)N1C(=O)CSC1(C)c1ccc(O)cc1)C2=O. The molecule has 2 fully saturated rings. The van der Waals surface area contributed by atoms with Crippen molar-refractivity contribution in [3.05, 3.63) is 59.2 Å². The molecule has 0 bridgehead atoms. The second kappa shape index (κ2) is 7.23. The molecule has 0 aliphatic carbocycles. The number of thiocarbonyl (C=S) groups is 1. The van der Waals surface area contributed by atoms with Crippen molar-refractivity contribution in [3.8, 4) is 5.75 Å². The molecule has 164 valence electrons. The molecule has 3 aliphatic heterocycles. The van der Waals surface area contributed by atoms with Crippen LogP contribution in [0.5, 0.6) is 5.75 Å². The number of benzene rings is 2. The minimum Gasteiger partial charge on any atom is -0.508 e. The number of Topliss-reactive ketones (excluding diaryl/α,β-unsaturated/α-hetero) is 1. The van der Waals surface area contributed by atoms with Gasteiger partial charge in [0.25, 0.3) is 0 Å². The van der Waals surface area contributed by atoms with Crippen molar-refractivity contribution in [1.82, 2.24) is 9.80 Å². The molecule has 2 N–H and O–H groups in total. The number of hydrogen-bond donors (Lipinski definition) is 2. The molecule has 7 nitrogen and oxygen atoms in total. The zero-order valence-electron chi connectivity index (χ0n) is 17.2. The number of phenols is 1. The Morgan fingerprint density at radius 1 is 1.03 bits per heavy atom. The number of aromatic hydroxyl groups is 1. The third-order valence-corrected chi connectivity index (χ3v) is 8.95. The van der Waals surface area contributed by atoms with Crippen LogP contribution in [0.2, 0.25) is 0 Å². The van der Waals surface area contributed by atoms with E-state index in [2.05, 4.69) is 5.32 Å². The normalized spacial score (nSPS) is 26.8.